The number of unbranched alkanes of at least 4 members (excludes halogenated alkanes) is 1. The van der Waals surface area contributed by atoms with Crippen molar-refractivity contribution >= 4 is 27.7 Å². The molecular weight excluding hydrogens is 756 g/mol. The van der Waals surface area contributed by atoms with Crippen LogP contribution in [-0.4, -0.2) is 107 Å². The number of halogens is 1. The van der Waals surface area contributed by atoms with E-state index in [1.165, 1.54) is 34.9 Å². The van der Waals surface area contributed by atoms with Crippen molar-refractivity contribution in [3.05, 3.63) is 82.3 Å². The molecule has 55 heavy (non-hydrogen) atoms. The molecule has 0 bridgehead atoms. The van der Waals surface area contributed by atoms with Crippen LogP contribution in [0.2, 0.25) is 5.02 Å². The molecule has 2 fully saturated rings. The molecule has 2 aliphatic rings. The lowest BCUT2D eigenvalue weighted by molar-refractivity contribution is -0.606. The minimum Gasteiger partial charge on any atom is -0.619 e. The first-order valence-corrected chi connectivity index (χ1v) is 20.3. The van der Waals surface area contributed by atoms with Gasteiger partial charge in [0.25, 0.3) is 0 Å². The largest absolute Gasteiger partial charge is 0.619 e. The summed E-state index contributed by atoms with van der Waals surface area (Å²) >= 11 is 6.59. The van der Waals surface area contributed by atoms with Crippen molar-refractivity contribution in [2.45, 2.75) is 106 Å². The van der Waals surface area contributed by atoms with Gasteiger partial charge in [-0.3, -0.25) is 0 Å². The first kappa shape index (κ1) is 42.6. The van der Waals surface area contributed by atoms with Gasteiger partial charge in [-0.05, 0) is 82.2 Å². The van der Waals surface area contributed by atoms with E-state index in [9.17, 15) is 38.8 Å². The van der Waals surface area contributed by atoms with Gasteiger partial charge in [-0.25, -0.2) is 13.2 Å². The minimum absolute atomic E-state index is 0.00615. The second-order valence-electron chi connectivity index (χ2n) is 14.3. The van der Waals surface area contributed by atoms with Crippen LogP contribution >= 0.6 is 11.6 Å². The van der Waals surface area contributed by atoms with Crippen LogP contribution in [-0.2, 0) is 27.0 Å². The lowest BCUT2D eigenvalue weighted by Gasteiger charge is -2.26. The number of aliphatic hydroxyl groups excluding tert-OH is 5. The van der Waals surface area contributed by atoms with Gasteiger partial charge in [0.05, 0.1) is 35.9 Å². The molecule has 2 aromatic carbocycles. The van der Waals surface area contributed by atoms with Crippen LogP contribution in [0.4, 0.5) is 4.79 Å². The van der Waals surface area contributed by atoms with E-state index in [1.54, 1.807) is 19.9 Å². The third kappa shape index (κ3) is 10.8. The Hall–Kier alpha value is -3.58. The molecule has 0 saturated heterocycles. The molecule has 2 saturated carbocycles. The van der Waals surface area contributed by atoms with E-state index in [0.29, 0.717) is 36.3 Å². The Kier molecular flexibility index (Phi) is 14.4. The summed E-state index contributed by atoms with van der Waals surface area (Å²) in [7, 11) is -3.98. The van der Waals surface area contributed by atoms with Crippen LogP contribution in [0, 0.1) is 5.21 Å². The maximum atomic E-state index is 13.9. The summed E-state index contributed by atoms with van der Waals surface area (Å²) in [4.78, 5) is 12.2. The Morgan fingerprint density at radius 1 is 1.02 bits per heavy atom. The van der Waals surface area contributed by atoms with E-state index in [0.717, 1.165) is 40.0 Å². The average molecular weight is 807 g/mol. The number of hydrogen-bond donors (Lipinski definition) is 7. The fourth-order valence-electron chi connectivity index (χ4n) is 6.21. The van der Waals surface area contributed by atoms with E-state index in [4.69, 9.17) is 26.2 Å². The number of aromatic nitrogens is 1. The number of sulfonamides is 1. The van der Waals surface area contributed by atoms with E-state index in [2.05, 4.69) is 10.6 Å². The van der Waals surface area contributed by atoms with E-state index in [1.807, 2.05) is 24.3 Å². The number of nitrogens with one attached hydrogen (secondary N) is 2. The standard InChI is InChI=1S/C38H51ClN4O11S/c1-24(2)43(17-6-5-16-40-37(49)41-20-32(45)35(47)36(48)33(46)22-44)55(51,52)27-11-12-31(39)25(19-27)23-53-38(14-15-38)30-21-42(50)18-13-28(30)29-7-3-4-8-34(29)54-26-9-10-26/h3-4,7-8,11-13,18-19,21,24,26,32-33,35-36,44-48H,5-6,9-10,14-17,20,22-23H2,1-2H3,(H2,40,41,49)/t32-,33+,35+,36+/m0/s1. The molecule has 0 radical (unpaired) electrons. The summed E-state index contributed by atoms with van der Waals surface area (Å²) in [6.45, 7) is 2.63. The predicted molar refractivity (Wildman–Crippen MR) is 202 cm³/mol. The monoisotopic (exact) mass is 806 g/mol. The second-order valence-corrected chi connectivity index (χ2v) is 16.6. The van der Waals surface area contributed by atoms with Gasteiger partial charge in [-0.15, -0.1) is 0 Å². The number of para-hydroxylation sites is 1. The van der Waals surface area contributed by atoms with Crippen molar-refractivity contribution in [2.75, 3.05) is 26.2 Å². The number of benzene rings is 2. The molecule has 1 aromatic heterocycles. The smallest absolute Gasteiger partial charge is 0.314 e. The van der Waals surface area contributed by atoms with Crippen molar-refractivity contribution in [1.82, 2.24) is 14.9 Å². The SMILES string of the molecule is CC(C)N(CCCCNC(=O)NC[C@H](O)[C@@H](O)[C@H](O)[C@H](O)CO)S(=O)(=O)c1ccc(Cl)c(COC2(c3c[n+]([O-])ccc3-c3ccccc3OC3CC3)CC2)c1. The maximum absolute atomic E-state index is 13.9. The average Bonchev–Trinajstić information content (AvgIpc) is 4.11. The first-order chi connectivity index (χ1) is 26.2. The van der Waals surface area contributed by atoms with Crippen molar-refractivity contribution in [3.63, 3.8) is 0 Å². The third-order valence-electron chi connectivity index (χ3n) is 9.72. The molecular formula is C38H51ClN4O11S. The zero-order valence-electron chi connectivity index (χ0n) is 30.9. The van der Waals surface area contributed by atoms with Crippen LogP contribution < -0.4 is 20.1 Å². The van der Waals surface area contributed by atoms with Gasteiger partial charge in [0.2, 0.25) is 10.0 Å². The lowest BCUT2D eigenvalue weighted by Crippen LogP contribution is -2.50. The molecule has 15 nitrogen and oxygen atoms in total. The Morgan fingerprint density at radius 2 is 1.73 bits per heavy atom. The molecule has 2 amide bonds. The number of ether oxygens (including phenoxy) is 2. The fraction of sp³-hybridized carbons (Fsp3) is 0.526. The molecule has 2 aliphatic carbocycles. The number of pyridine rings is 1. The molecule has 302 valence electrons. The molecule has 1 heterocycles. The normalized spacial score (nSPS) is 17.4. The van der Waals surface area contributed by atoms with Gasteiger partial charge in [0.1, 0.15) is 29.7 Å². The highest BCUT2D eigenvalue weighted by Gasteiger charge is 2.49. The Balaban J connectivity index is 1.18. The molecule has 17 heteroatoms. The number of hydrogen-bond acceptors (Lipinski definition) is 11. The highest BCUT2D eigenvalue weighted by molar-refractivity contribution is 7.89. The predicted octanol–water partition coefficient (Wildman–Crippen LogP) is 2.30. The van der Waals surface area contributed by atoms with Gasteiger partial charge in [0.15, 0.2) is 12.4 Å². The number of amides is 2. The molecule has 0 aliphatic heterocycles. The van der Waals surface area contributed by atoms with Gasteiger partial charge in [-0.2, -0.15) is 9.04 Å². The fourth-order valence-corrected chi connectivity index (χ4v) is 8.10. The molecule has 7 N–H and O–H groups in total. The number of urea groups is 1. The zero-order valence-corrected chi connectivity index (χ0v) is 32.5. The van der Waals surface area contributed by atoms with Gasteiger partial charge >= 0.3 is 6.03 Å². The molecule has 3 aromatic rings. The summed E-state index contributed by atoms with van der Waals surface area (Å²) in [6, 6.07) is 13.0. The van der Waals surface area contributed by atoms with E-state index >= 15 is 0 Å². The maximum Gasteiger partial charge on any atom is 0.314 e. The van der Waals surface area contributed by atoms with Crippen LogP contribution in [0.1, 0.15) is 63.5 Å². The summed E-state index contributed by atoms with van der Waals surface area (Å²) < 4.78 is 42.7. The van der Waals surface area contributed by atoms with Gasteiger partial charge < -0.3 is 50.8 Å². The summed E-state index contributed by atoms with van der Waals surface area (Å²) in [5.74, 6) is 0.743. The Morgan fingerprint density at radius 3 is 2.40 bits per heavy atom. The van der Waals surface area contributed by atoms with Crippen molar-refractivity contribution in [1.29, 1.82) is 0 Å². The van der Waals surface area contributed by atoms with Crippen molar-refractivity contribution in [2.24, 2.45) is 0 Å². The van der Waals surface area contributed by atoms with E-state index in [-0.39, 0.29) is 36.7 Å². The quantitative estimate of drug-likeness (QED) is 0.0470. The minimum atomic E-state index is -3.98. The number of nitrogens with zero attached hydrogens (tertiary/aromatic N) is 2. The van der Waals surface area contributed by atoms with Crippen LogP contribution in [0.25, 0.3) is 11.1 Å². The Bertz CT molecular complexity index is 1880. The van der Waals surface area contributed by atoms with E-state index < -0.39 is 59.2 Å². The third-order valence-corrected chi connectivity index (χ3v) is 12.2. The van der Waals surface area contributed by atoms with Crippen molar-refractivity contribution < 1.29 is 52.9 Å². The number of rotatable bonds is 21. The topological polar surface area (TPSA) is 225 Å². The summed E-state index contributed by atoms with van der Waals surface area (Å²) in [5, 5.41) is 65.7. The summed E-state index contributed by atoms with van der Waals surface area (Å²) in [6.07, 6.45) is 0.438. The zero-order chi connectivity index (χ0) is 39.9. The van der Waals surface area contributed by atoms with Crippen molar-refractivity contribution in [3.8, 4) is 16.9 Å². The van der Waals surface area contributed by atoms with Crippen LogP contribution in [0.5, 0.6) is 5.75 Å². The molecule has 4 atom stereocenters. The van der Waals surface area contributed by atoms with Crippen LogP contribution in [0.3, 0.4) is 0 Å². The highest BCUT2D eigenvalue weighted by Crippen LogP contribution is 2.53. The van der Waals surface area contributed by atoms with Gasteiger partial charge in [-0.1, -0.05) is 29.8 Å². The summed E-state index contributed by atoms with van der Waals surface area (Å²) in [5.41, 5.74) is 2.13. The lowest BCUT2D eigenvalue weighted by atomic mass is 9.96. The second kappa shape index (κ2) is 18.6. The first-order valence-electron chi connectivity index (χ1n) is 18.4. The highest BCUT2D eigenvalue weighted by atomic mass is 35.5. The molecule has 0 spiro atoms. The molecule has 5 rings (SSSR count). The molecule has 0 unspecified atom stereocenters. The Labute approximate surface area is 326 Å². The number of carbonyl (C=O) groups is 1. The number of aliphatic hydroxyl groups is 5. The van der Waals surface area contributed by atoms with Crippen LogP contribution in [0.15, 0.2) is 65.8 Å². The number of carbonyl (C=O) groups excluding carboxylic acids is 1. The van der Waals surface area contributed by atoms with Gasteiger partial charge in [0, 0.05) is 47.9 Å².